The number of esters is 1. The van der Waals surface area contributed by atoms with Gasteiger partial charge in [-0.1, -0.05) is 48.5 Å². The molecular formula is C39H54N6O11S. The first-order valence-electron chi connectivity index (χ1n) is 18.4. The summed E-state index contributed by atoms with van der Waals surface area (Å²) in [5.74, 6) is -5.43. The second-order valence-corrected chi connectivity index (χ2v) is 17.2. The van der Waals surface area contributed by atoms with Gasteiger partial charge in [-0.3, -0.25) is 14.4 Å². The van der Waals surface area contributed by atoms with Crippen LogP contribution in [-0.4, -0.2) is 120 Å². The van der Waals surface area contributed by atoms with Crippen molar-refractivity contribution in [2.75, 3.05) is 25.2 Å². The van der Waals surface area contributed by atoms with Crippen LogP contribution in [0.25, 0.3) is 10.9 Å². The zero-order chi connectivity index (χ0) is 42.6. The van der Waals surface area contributed by atoms with Crippen LogP contribution in [0.2, 0.25) is 0 Å². The number of nitrogens with one attached hydrogen (secondary N) is 3. The van der Waals surface area contributed by atoms with Crippen LogP contribution in [-0.2, 0) is 56.1 Å². The zero-order valence-electron chi connectivity index (χ0n) is 32.9. The number of carbonyl (C=O) groups is 6. The Morgan fingerprint density at radius 1 is 0.982 bits per heavy atom. The number of rotatable bonds is 20. The third kappa shape index (κ3) is 13.5. The third-order valence-electron chi connectivity index (χ3n) is 8.78. The summed E-state index contributed by atoms with van der Waals surface area (Å²) in [4.78, 5) is 86.2. The van der Waals surface area contributed by atoms with E-state index in [1.807, 2.05) is 0 Å². The van der Waals surface area contributed by atoms with Crippen molar-refractivity contribution in [3.05, 3.63) is 71.9 Å². The molecule has 0 aliphatic heterocycles. The molecule has 4 amide bonds. The highest BCUT2D eigenvalue weighted by atomic mass is 32.2. The van der Waals surface area contributed by atoms with Crippen LogP contribution in [0.1, 0.15) is 58.1 Å². The number of para-hydroxylation sites is 1. The molecule has 312 valence electrons. The number of amides is 4. The monoisotopic (exact) mass is 814 g/mol. The maximum absolute atomic E-state index is 14.9. The Morgan fingerprint density at radius 2 is 1.63 bits per heavy atom. The number of unbranched alkanes of at least 4 members (excludes halogenated alkanes) is 1. The number of hydrogen-bond acceptors (Lipinski definition) is 13. The quantitative estimate of drug-likeness (QED) is 0.0404. The molecule has 0 radical (unpaired) electrons. The average Bonchev–Trinajstić information content (AvgIpc) is 3.54. The molecular weight excluding hydrogens is 761 g/mol. The maximum atomic E-state index is 14.9. The summed E-state index contributed by atoms with van der Waals surface area (Å²) in [6.07, 6.45) is -0.477. The van der Waals surface area contributed by atoms with E-state index in [4.69, 9.17) is 20.9 Å². The Morgan fingerprint density at radius 3 is 2.23 bits per heavy atom. The lowest BCUT2D eigenvalue weighted by molar-refractivity contribution is -0.167. The van der Waals surface area contributed by atoms with Crippen molar-refractivity contribution in [1.82, 2.24) is 20.5 Å². The molecule has 1 aromatic heterocycles. The van der Waals surface area contributed by atoms with Gasteiger partial charge >= 0.3 is 12.1 Å². The van der Waals surface area contributed by atoms with Crippen molar-refractivity contribution in [1.29, 1.82) is 0 Å². The van der Waals surface area contributed by atoms with Crippen LogP contribution >= 0.6 is 0 Å². The third-order valence-corrected chi connectivity index (χ3v) is 9.69. The molecule has 0 aliphatic rings. The van der Waals surface area contributed by atoms with E-state index in [9.17, 15) is 42.3 Å². The fraction of sp³-hybridized carbons (Fsp3) is 0.487. The minimum Gasteiger partial charge on any atom is -0.458 e. The van der Waals surface area contributed by atoms with Crippen molar-refractivity contribution in [2.45, 2.75) is 95.2 Å². The number of nitrogens with two attached hydrogens (primary N) is 2. The van der Waals surface area contributed by atoms with Gasteiger partial charge < -0.3 is 46.5 Å². The fourth-order valence-corrected chi connectivity index (χ4v) is 6.27. The van der Waals surface area contributed by atoms with E-state index in [0.29, 0.717) is 34.1 Å². The molecule has 1 heterocycles. The summed E-state index contributed by atoms with van der Waals surface area (Å²) in [6.45, 7) is 5.23. The maximum Gasteiger partial charge on any atom is 0.417 e. The van der Waals surface area contributed by atoms with Gasteiger partial charge in [0, 0.05) is 29.8 Å². The van der Waals surface area contributed by atoms with Gasteiger partial charge in [-0.2, -0.15) is 0 Å². The van der Waals surface area contributed by atoms with E-state index in [-0.39, 0.29) is 25.8 Å². The van der Waals surface area contributed by atoms with Crippen LogP contribution in [0.5, 0.6) is 0 Å². The Bertz CT molecular complexity index is 1980. The highest BCUT2D eigenvalue weighted by Gasteiger charge is 2.52. The lowest BCUT2D eigenvalue weighted by Crippen LogP contribution is -2.68. The highest BCUT2D eigenvalue weighted by molar-refractivity contribution is 7.90. The minimum atomic E-state index is -3.68. The smallest absolute Gasteiger partial charge is 0.417 e. The number of aliphatic hydroxyl groups excluding tert-OH is 1. The van der Waals surface area contributed by atoms with Gasteiger partial charge in [0.05, 0.1) is 17.9 Å². The number of aliphatic hydroxyl groups is 1. The molecule has 8 N–H and O–H groups in total. The first kappa shape index (κ1) is 46.2. The van der Waals surface area contributed by atoms with E-state index in [1.165, 1.54) is 33.9 Å². The molecule has 0 spiro atoms. The number of aromatic amines is 1. The summed E-state index contributed by atoms with van der Waals surface area (Å²) < 4.78 is 34.7. The summed E-state index contributed by atoms with van der Waals surface area (Å²) in [6, 6.07) is 11.1. The van der Waals surface area contributed by atoms with E-state index < -0.39 is 93.8 Å². The molecule has 3 rings (SSSR count). The van der Waals surface area contributed by atoms with Crippen molar-refractivity contribution >= 4 is 56.8 Å². The van der Waals surface area contributed by atoms with E-state index >= 15 is 0 Å². The number of sulfone groups is 1. The number of benzene rings is 2. The number of aldehydes is 1. The molecule has 0 bridgehead atoms. The first-order valence-corrected chi connectivity index (χ1v) is 20.5. The van der Waals surface area contributed by atoms with Gasteiger partial charge in [-0.15, -0.1) is 0 Å². The molecule has 0 saturated carbocycles. The first-order chi connectivity index (χ1) is 26.7. The molecule has 0 unspecified atom stereocenters. The van der Waals surface area contributed by atoms with Crippen LogP contribution in [0.4, 0.5) is 4.79 Å². The molecule has 0 aliphatic carbocycles. The Kier molecular flexibility index (Phi) is 16.5. The summed E-state index contributed by atoms with van der Waals surface area (Å²) in [5, 5.41) is 16.2. The van der Waals surface area contributed by atoms with E-state index in [1.54, 1.807) is 54.6 Å². The number of H-pyrrole nitrogens is 1. The Hall–Kier alpha value is -5.17. The number of nitrogens with zero attached hydrogens (tertiary/aromatic N) is 1. The van der Waals surface area contributed by atoms with E-state index in [0.717, 1.165) is 11.8 Å². The lowest BCUT2D eigenvalue weighted by atomic mass is 9.88. The SMILES string of the molecule is C[C@@H](O)[C@H](NC(=O)[C@H](CCCCN)N(C(=O)OCCS(C)(=O)=O)C(=O)[C@@](N)(Cc1c[nH]c2ccccc12)C(=O)OC(C)(C)C)C(=O)N[C@H](C=O)Cc1ccccc1. The van der Waals surface area contributed by atoms with Crippen molar-refractivity contribution in [3.63, 3.8) is 0 Å². The van der Waals surface area contributed by atoms with Gasteiger partial charge in [0.25, 0.3) is 5.91 Å². The molecule has 18 heteroatoms. The predicted molar refractivity (Wildman–Crippen MR) is 211 cm³/mol. The number of aromatic nitrogens is 1. The van der Waals surface area contributed by atoms with E-state index in [2.05, 4.69) is 15.6 Å². The normalized spacial score (nSPS) is 14.9. The molecule has 2 aromatic carbocycles. The second-order valence-electron chi connectivity index (χ2n) is 14.9. The van der Waals surface area contributed by atoms with Crippen LogP contribution in [0.3, 0.4) is 0 Å². The van der Waals surface area contributed by atoms with Gasteiger partial charge in [-0.05, 0) is 77.1 Å². The average molecular weight is 815 g/mol. The van der Waals surface area contributed by atoms with Crippen molar-refractivity contribution in [3.8, 4) is 0 Å². The van der Waals surface area contributed by atoms with Crippen molar-refractivity contribution in [2.24, 2.45) is 11.5 Å². The Balaban J connectivity index is 2.12. The second kappa shape index (κ2) is 20.3. The standard InChI is InChI=1S/C39H54N6O11S/c1-25(47)32(34(49)43-28(24-46)21-26-13-7-6-8-14-26)44-33(48)31(17-11-12-18-40)45(37(52)55-19-20-57(5,53)54)35(50)39(41,36(51)56-38(2,3)4)22-27-23-42-30-16-10-9-15-29(27)30/h6-10,13-16,23-25,28,31-32,42,47H,11-12,17-22,40-41H2,1-5H3,(H,43,49)(H,44,48)/t25-,28+,31+,32+,39+/m1/s1. The Labute approximate surface area is 332 Å². The summed E-state index contributed by atoms with van der Waals surface area (Å²) in [5.41, 5.74) is 10.4. The van der Waals surface area contributed by atoms with Gasteiger partial charge in [0.1, 0.15) is 30.6 Å². The minimum absolute atomic E-state index is 0.0968. The van der Waals surface area contributed by atoms with Gasteiger partial charge in [0.15, 0.2) is 15.4 Å². The summed E-state index contributed by atoms with van der Waals surface area (Å²) >= 11 is 0. The van der Waals surface area contributed by atoms with Crippen LogP contribution < -0.4 is 22.1 Å². The lowest BCUT2D eigenvalue weighted by Gasteiger charge is -2.37. The van der Waals surface area contributed by atoms with Gasteiger partial charge in [-0.25, -0.2) is 22.9 Å². The highest BCUT2D eigenvalue weighted by Crippen LogP contribution is 2.27. The molecule has 0 saturated heterocycles. The number of ether oxygens (including phenoxy) is 2. The van der Waals surface area contributed by atoms with Crippen LogP contribution in [0, 0.1) is 0 Å². The largest absolute Gasteiger partial charge is 0.458 e. The number of hydrogen-bond donors (Lipinski definition) is 6. The number of carbonyl (C=O) groups excluding carboxylic acids is 6. The molecule has 0 fully saturated rings. The molecule has 57 heavy (non-hydrogen) atoms. The topological polar surface area (TPSA) is 270 Å². The number of imide groups is 1. The number of fused-ring (bicyclic) bond motifs is 1. The predicted octanol–water partition coefficient (Wildman–Crippen LogP) is 1.05. The molecule has 5 atom stereocenters. The van der Waals surface area contributed by atoms with Gasteiger partial charge in [0.2, 0.25) is 11.8 Å². The van der Waals surface area contributed by atoms with Crippen molar-refractivity contribution < 1.29 is 51.8 Å². The summed E-state index contributed by atoms with van der Waals surface area (Å²) in [7, 11) is -3.68. The van der Waals surface area contributed by atoms with Crippen LogP contribution in [0.15, 0.2) is 60.8 Å². The zero-order valence-corrected chi connectivity index (χ0v) is 33.7. The molecule has 17 nitrogen and oxygen atoms in total. The molecule has 3 aromatic rings. The fourth-order valence-electron chi connectivity index (χ4n) is 5.89.